The number of nitrogens with one attached hydrogen (secondary N) is 1. The SMILES string of the molecule is CCOC(=O)SCc1ccc(S(=O)(=O)C[C@H]2CCCC[C@@H]2C(=O)NCC#N)cc1. The maximum Gasteiger partial charge on any atom is 0.367 e. The van der Waals surface area contributed by atoms with Gasteiger partial charge < -0.3 is 10.1 Å². The van der Waals surface area contributed by atoms with Gasteiger partial charge in [-0.1, -0.05) is 25.0 Å². The Balaban J connectivity index is 2.02. The van der Waals surface area contributed by atoms with Crippen LogP contribution in [-0.4, -0.2) is 38.5 Å². The third-order valence-corrected chi connectivity index (χ3v) is 7.61. The van der Waals surface area contributed by atoms with E-state index in [1.807, 2.05) is 6.07 Å². The van der Waals surface area contributed by atoms with Gasteiger partial charge in [0.25, 0.3) is 0 Å². The first-order chi connectivity index (χ1) is 13.9. The highest BCUT2D eigenvalue weighted by molar-refractivity contribution is 8.12. The summed E-state index contributed by atoms with van der Waals surface area (Å²) >= 11 is 1.03. The van der Waals surface area contributed by atoms with Gasteiger partial charge in [-0.25, -0.2) is 13.2 Å². The van der Waals surface area contributed by atoms with Crippen LogP contribution in [0, 0.1) is 23.2 Å². The second-order valence-corrected chi connectivity index (χ2v) is 9.87. The molecule has 0 bridgehead atoms. The van der Waals surface area contributed by atoms with E-state index < -0.39 is 9.84 Å². The summed E-state index contributed by atoms with van der Waals surface area (Å²) in [5.74, 6) is -0.561. The number of sulfone groups is 1. The zero-order chi connectivity index (χ0) is 21.3. The summed E-state index contributed by atoms with van der Waals surface area (Å²) in [4.78, 5) is 23.9. The Hall–Kier alpha value is -2.05. The predicted octanol–water partition coefficient (Wildman–Crippen LogP) is 3.30. The molecule has 7 nitrogen and oxygen atoms in total. The third kappa shape index (κ3) is 7.05. The minimum atomic E-state index is -3.55. The molecule has 1 aliphatic rings. The van der Waals surface area contributed by atoms with Crippen LogP contribution in [0.1, 0.15) is 38.2 Å². The molecule has 1 aromatic carbocycles. The number of rotatable bonds is 8. The topological polar surface area (TPSA) is 113 Å². The summed E-state index contributed by atoms with van der Waals surface area (Å²) in [5, 5.41) is 10.8. The Morgan fingerprint density at radius 2 is 1.93 bits per heavy atom. The number of benzene rings is 1. The van der Waals surface area contributed by atoms with E-state index in [0.29, 0.717) is 25.2 Å². The number of ether oxygens (including phenoxy) is 1. The van der Waals surface area contributed by atoms with Crippen LogP contribution in [0.3, 0.4) is 0 Å². The van der Waals surface area contributed by atoms with Crippen molar-refractivity contribution in [2.24, 2.45) is 11.8 Å². The van der Waals surface area contributed by atoms with Gasteiger partial charge in [0, 0.05) is 11.7 Å². The zero-order valence-corrected chi connectivity index (χ0v) is 18.1. The average molecular weight is 439 g/mol. The summed E-state index contributed by atoms with van der Waals surface area (Å²) < 4.78 is 30.6. The van der Waals surface area contributed by atoms with Gasteiger partial charge in [-0.3, -0.25) is 4.79 Å². The van der Waals surface area contributed by atoms with Crippen molar-refractivity contribution in [2.45, 2.75) is 43.3 Å². The number of thioether (sulfide) groups is 1. The lowest BCUT2D eigenvalue weighted by atomic mass is 9.80. The Bertz CT molecular complexity index is 847. The molecule has 1 aliphatic carbocycles. The van der Waals surface area contributed by atoms with Crippen LogP contribution in [-0.2, 0) is 25.1 Å². The molecule has 0 unspecified atom stereocenters. The fraction of sp³-hybridized carbons (Fsp3) is 0.550. The molecular weight excluding hydrogens is 412 g/mol. The van der Waals surface area contributed by atoms with Crippen LogP contribution >= 0.6 is 11.8 Å². The van der Waals surface area contributed by atoms with Crippen molar-refractivity contribution in [1.82, 2.24) is 5.32 Å². The molecule has 2 rings (SSSR count). The lowest BCUT2D eigenvalue weighted by Crippen LogP contribution is -2.39. The lowest BCUT2D eigenvalue weighted by Gasteiger charge is -2.30. The summed E-state index contributed by atoms with van der Waals surface area (Å²) in [7, 11) is -3.55. The first kappa shape index (κ1) is 23.2. The van der Waals surface area contributed by atoms with E-state index in [1.54, 1.807) is 31.2 Å². The minimum Gasteiger partial charge on any atom is -0.458 e. The normalized spacial score (nSPS) is 19.2. The molecule has 158 valence electrons. The lowest BCUT2D eigenvalue weighted by molar-refractivity contribution is -0.127. The van der Waals surface area contributed by atoms with Crippen LogP contribution in [0.25, 0.3) is 0 Å². The largest absolute Gasteiger partial charge is 0.458 e. The highest BCUT2D eigenvalue weighted by Gasteiger charge is 2.34. The van der Waals surface area contributed by atoms with E-state index in [1.165, 1.54) is 0 Å². The van der Waals surface area contributed by atoms with E-state index in [2.05, 4.69) is 5.32 Å². The van der Waals surface area contributed by atoms with Crippen LogP contribution in [0.15, 0.2) is 29.2 Å². The van der Waals surface area contributed by atoms with Crippen LogP contribution < -0.4 is 5.32 Å². The number of nitrogens with zero attached hydrogens (tertiary/aromatic N) is 1. The van der Waals surface area contributed by atoms with Gasteiger partial charge in [0.1, 0.15) is 6.54 Å². The van der Waals surface area contributed by atoms with E-state index in [0.717, 1.165) is 30.2 Å². The first-order valence-electron chi connectivity index (χ1n) is 9.63. The molecule has 0 radical (unpaired) electrons. The Kier molecular flexibility index (Phi) is 8.99. The molecule has 0 spiro atoms. The number of carbonyl (C=O) groups is 2. The molecule has 1 aromatic rings. The van der Waals surface area contributed by atoms with Gasteiger partial charge in [-0.2, -0.15) is 5.26 Å². The maximum absolute atomic E-state index is 12.9. The maximum atomic E-state index is 12.9. The quantitative estimate of drug-likeness (QED) is 0.489. The number of carbonyl (C=O) groups excluding carboxylic acids is 2. The monoisotopic (exact) mass is 438 g/mol. The van der Waals surface area contributed by atoms with Crippen molar-refractivity contribution in [2.75, 3.05) is 18.9 Å². The van der Waals surface area contributed by atoms with Crippen molar-refractivity contribution in [3.05, 3.63) is 29.8 Å². The Morgan fingerprint density at radius 1 is 1.24 bits per heavy atom. The highest BCUT2D eigenvalue weighted by atomic mass is 32.2. The second-order valence-electron chi connectivity index (χ2n) is 6.92. The molecule has 1 amide bonds. The summed E-state index contributed by atoms with van der Waals surface area (Å²) in [6, 6.07) is 8.35. The van der Waals surface area contributed by atoms with Crippen molar-refractivity contribution in [3.8, 4) is 6.07 Å². The van der Waals surface area contributed by atoms with Gasteiger partial charge >= 0.3 is 5.30 Å². The minimum absolute atomic E-state index is 0.0694. The van der Waals surface area contributed by atoms with Crippen LogP contribution in [0.5, 0.6) is 0 Å². The van der Waals surface area contributed by atoms with E-state index >= 15 is 0 Å². The van der Waals surface area contributed by atoms with Crippen LogP contribution in [0.4, 0.5) is 4.79 Å². The second kappa shape index (κ2) is 11.2. The number of amides is 1. The summed E-state index contributed by atoms with van der Waals surface area (Å²) in [6.07, 6.45) is 3.10. The molecule has 0 saturated heterocycles. The number of hydrogen-bond donors (Lipinski definition) is 1. The number of hydrogen-bond acceptors (Lipinski definition) is 7. The smallest absolute Gasteiger partial charge is 0.367 e. The van der Waals surface area contributed by atoms with Gasteiger partial charge in [0.05, 0.1) is 23.3 Å². The molecular formula is C20H26N2O5S2. The van der Waals surface area contributed by atoms with Crippen molar-refractivity contribution >= 4 is 32.8 Å². The molecule has 0 aromatic heterocycles. The van der Waals surface area contributed by atoms with Crippen LogP contribution in [0.2, 0.25) is 0 Å². The molecule has 29 heavy (non-hydrogen) atoms. The van der Waals surface area contributed by atoms with Crippen molar-refractivity contribution < 1.29 is 22.7 Å². The standard InChI is InChI=1S/C20H26N2O5S2/c1-2-27-20(24)28-13-15-7-9-17(10-8-15)29(25,26)14-16-5-3-4-6-18(16)19(23)22-12-11-21/h7-10,16,18H,2-6,12-14H2,1H3,(H,22,23)/t16-,18+/m1/s1. The fourth-order valence-electron chi connectivity index (χ4n) is 3.48. The molecule has 9 heteroatoms. The molecule has 2 atom stereocenters. The molecule has 0 heterocycles. The Labute approximate surface area is 176 Å². The zero-order valence-electron chi connectivity index (χ0n) is 16.4. The van der Waals surface area contributed by atoms with Gasteiger partial charge in [0.15, 0.2) is 9.84 Å². The molecule has 0 aliphatic heterocycles. The Morgan fingerprint density at radius 3 is 2.59 bits per heavy atom. The summed E-state index contributed by atoms with van der Waals surface area (Å²) in [5.41, 5.74) is 0.827. The van der Waals surface area contributed by atoms with E-state index in [-0.39, 0.29) is 40.2 Å². The first-order valence-corrected chi connectivity index (χ1v) is 12.3. The molecule has 1 saturated carbocycles. The van der Waals surface area contributed by atoms with E-state index in [9.17, 15) is 18.0 Å². The third-order valence-electron chi connectivity index (χ3n) is 4.92. The highest BCUT2D eigenvalue weighted by Crippen LogP contribution is 2.33. The van der Waals surface area contributed by atoms with Gasteiger partial charge in [0.2, 0.25) is 5.91 Å². The molecule has 1 N–H and O–H groups in total. The van der Waals surface area contributed by atoms with Gasteiger partial charge in [-0.05, 0) is 55.1 Å². The summed E-state index contributed by atoms with van der Waals surface area (Å²) in [6.45, 7) is 1.99. The molecule has 1 fully saturated rings. The average Bonchev–Trinajstić information content (AvgIpc) is 2.71. The fourth-order valence-corrected chi connectivity index (χ4v) is 5.87. The van der Waals surface area contributed by atoms with Crippen molar-refractivity contribution in [3.63, 3.8) is 0 Å². The van der Waals surface area contributed by atoms with E-state index in [4.69, 9.17) is 10.00 Å². The number of nitriles is 1. The predicted molar refractivity (Wildman–Crippen MR) is 111 cm³/mol. The van der Waals surface area contributed by atoms with Crippen molar-refractivity contribution in [1.29, 1.82) is 5.26 Å². The van der Waals surface area contributed by atoms with Gasteiger partial charge in [-0.15, -0.1) is 0 Å².